The van der Waals surface area contributed by atoms with Crippen molar-refractivity contribution in [1.29, 1.82) is 0 Å². The molecule has 1 N–H and O–H groups in total. The summed E-state index contributed by atoms with van der Waals surface area (Å²) in [4.78, 5) is 11.1. The Balaban J connectivity index is 2.69. The first-order chi connectivity index (χ1) is 9.99. The van der Waals surface area contributed by atoms with Crippen LogP contribution >= 0.6 is 27.5 Å². The number of carboxylic acid groups (broad SMARTS) is 1. The molecule has 0 heterocycles. The van der Waals surface area contributed by atoms with Crippen molar-refractivity contribution in [3.63, 3.8) is 0 Å². The molecule has 0 atom stereocenters. The van der Waals surface area contributed by atoms with E-state index in [-0.39, 0.29) is 5.56 Å². The fraction of sp³-hybridized carbons (Fsp3) is 0.133. The van der Waals surface area contributed by atoms with E-state index in [0.717, 1.165) is 0 Å². The molecule has 4 nitrogen and oxygen atoms in total. The Morgan fingerprint density at radius 2 is 1.86 bits per heavy atom. The summed E-state index contributed by atoms with van der Waals surface area (Å²) in [6, 6.07) is 8.06. The molecule has 0 aliphatic rings. The molecule has 110 valence electrons. The van der Waals surface area contributed by atoms with E-state index in [0.29, 0.717) is 32.1 Å². The van der Waals surface area contributed by atoms with E-state index >= 15 is 0 Å². The normalized spacial score (nSPS) is 10.3. The smallest absolute Gasteiger partial charge is 0.335 e. The molecule has 6 heteroatoms. The SMILES string of the molecule is COc1ccc(-c2cc(C(=O)O)ccc2Cl)c(OC)c1Br. The minimum Gasteiger partial charge on any atom is -0.495 e. The third kappa shape index (κ3) is 2.99. The van der Waals surface area contributed by atoms with Gasteiger partial charge in [-0.05, 0) is 46.3 Å². The summed E-state index contributed by atoms with van der Waals surface area (Å²) in [5, 5.41) is 9.55. The molecule has 0 saturated carbocycles. The van der Waals surface area contributed by atoms with Gasteiger partial charge in [0.25, 0.3) is 0 Å². The zero-order valence-corrected chi connectivity index (χ0v) is 13.7. The standard InChI is InChI=1S/C15H12BrClO4/c1-20-12-6-4-9(14(21-2)13(12)16)10-7-8(15(18)19)3-5-11(10)17/h3-7H,1-2H3,(H,18,19). The van der Waals surface area contributed by atoms with Crippen LogP contribution in [-0.4, -0.2) is 25.3 Å². The third-order valence-corrected chi connectivity index (χ3v) is 4.07. The molecule has 0 radical (unpaired) electrons. The highest BCUT2D eigenvalue weighted by atomic mass is 79.9. The van der Waals surface area contributed by atoms with Crippen molar-refractivity contribution in [2.45, 2.75) is 0 Å². The van der Waals surface area contributed by atoms with Crippen molar-refractivity contribution >= 4 is 33.5 Å². The van der Waals surface area contributed by atoms with Crippen molar-refractivity contribution in [3.05, 3.63) is 45.4 Å². The second-order valence-electron chi connectivity index (χ2n) is 4.16. The van der Waals surface area contributed by atoms with Gasteiger partial charge in [0.05, 0.1) is 19.8 Å². The van der Waals surface area contributed by atoms with Crippen LogP contribution in [0.15, 0.2) is 34.8 Å². The molecule has 0 unspecified atom stereocenters. The van der Waals surface area contributed by atoms with Crippen LogP contribution < -0.4 is 9.47 Å². The molecule has 2 aromatic carbocycles. The van der Waals surface area contributed by atoms with Crippen LogP contribution in [0.25, 0.3) is 11.1 Å². The number of methoxy groups -OCH3 is 2. The van der Waals surface area contributed by atoms with Crippen molar-refractivity contribution in [1.82, 2.24) is 0 Å². The minimum absolute atomic E-state index is 0.156. The molecule has 0 aliphatic heterocycles. The second-order valence-corrected chi connectivity index (χ2v) is 5.36. The van der Waals surface area contributed by atoms with Gasteiger partial charge in [0.1, 0.15) is 16.0 Å². The summed E-state index contributed by atoms with van der Waals surface area (Å²) < 4.78 is 11.3. The first-order valence-electron chi connectivity index (χ1n) is 5.93. The van der Waals surface area contributed by atoms with Crippen LogP contribution in [0.1, 0.15) is 10.4 Å². The Bertz CT molecular complexity index is 700. The maximum Gasteiger partial charge on any atom is 0.335 e. The number of hydrogen-bond donors (Lipinski definition) is 1. The lowest BCUT2D eigenvalue weighted by atomic mass is 10.0. The molecule has 0 spiro atoms. The lowest BCUT2D eigenvalue weighted by Gasteiger charge is -2.15. The van der Waals surface area contributed by atoms with Crippen molar-refractivity contribution in [2.75, 3.05) is 14.2 Å². The highest BCUT2D eigenvalue weighted by molar-refractivity contribution is 9.10. The molecular weight excluding hydrogens is 360 g/mol. The Hall–Kier alpha value is -1.72. The number of halogens is 2. The maximum atomic E-state index is 11.1. The van der Waals surface area contributed by atoms with Crippen LogP contribution in [0.3, 0.4) is 0 Å². The lowest BCUT2D eigenvalue weighted by molar-refractivity contribution is 0.0697. The molecule has 0 fully saturated rings. The zero-order chi connectivity index (χ0) is 15.6. The van der Waals surface area contributed by atoms with Gasteiger partial charge in [-0.2, -0.15) is 0 Å². The predicted octanol–water partition coefficient (Wildman–Crippen LogP) is 4.48. The number of hydrogen-bond acceptors (Lipinski definition) is 3. The maximum absolute atomic E-state index is 11.1. The van der Waals surface area contributed by atoms with E-state index in [1.54, 1.807) is 25.3 Å². The molecule has 0 aromatic heterocycles. The Morgan fingerprint density at radius 3 is 2.43 bits per heavy atom. The highest BCUT2D eigenvalue weighted by Crippen LogP contribution is 2.44. The van der Waals surface area contributed by atoms with Crippen LogP contribution in [0, 0.1) is 0 Å². The Labute approximate surface area is 135 Å². The molecule has 2 aromatic rings. The van der Waals surface area contributed by atoms with E-state index in [2.05, 4.69) is 15.9 Å². The van der Waals surface area contributed by atoms with Gasteiger partial charge >= 0.3 is 5.97 Å². The average Bonchev–Trinajstić information content (AvgIpc) is 2.47. The molecule has 0 amide bonds. The minimum atomic E-state index is -1.01. The summed E-state index contributed by atoms with van der Waals surface area (Å²) in [7, 11) is 3.08. The van der Waals surface area contributed by atoms with Gasteiger partial charge in [-0.25, -0.2) is 4.79 Å². The molecule has 2 rings (SSSR count). The molecule has 0 aliphatic carbocycles. The van der Waals surface area contributed by atoms with Gasteiger partial charge in [0, 0.05) is 16.1 Å². The van der Waals surface area contributed by atoms with Crippen LogP contribution in [0.5, 0.6) is 11.5 Å². The van der Waals surface area contributed by atoms with Gasteiger partial charge in [-0.3, -0.25) is 0 Å². The first-order valence-corrected chi connectivity index (χ1v) is 7.10. The number of ether oxygens (including phenoxy) is 2. The van der Waals surface area contributed by atoms with Gasteiger partial charge in [0.2, 0.25) is 0 Å². The van der Waals surface area contributed by atoms with E-state index in [1.807, 2.05) is 0 Å². The number of carbonyl (C=O) groups is 1. The lowest BCUT2D eigenvalue weighted by Crippen LogP contribution is -1.98. The quantitative estimate of drug-likeness (QED) is 0.860. The third-order valence-electron chi connectivity index (χ3n) is 2.99. The molecule has 21 heavy (non-hydrogen) atoms. The molecule has 0 saturated heterocycles. The van der Waals surface area contributed by atoms with Gasteiger partial charge in [-0.1, -0.05) is 11.6 Å². The summed E-state index contributed by atoms with van der Waals surface area (Å²) in [6.07, 6.45) is 0. The van der Waals surface area contributed by atoms with E-state index in [4.69, 9.17) is 26.2 Å². The van der Waals surface area contributed by atoms with Crippen molar-refractivity contribution in [3.8, 4) is 22.6 Å². The molecular formula is C15H12BrClO4. The first kappa shape index (κ1) is 15.7. The van der Waals surface area contributed by atoms with Crippen molar-refractivity contribution in [2.24, 2.45) is 0 Å². The summed E-state index contributed by atoms with van der Waals surface area (Å²) in [5.74, 6) is 0.124. The number of carboxylic acids is 1. The van der Waals surface area contributed by atoms with E-state index in [9.17, 15) is 4.79 Å². The molecule has 0 bridgehead atoms. The monoisotopic (exact) mass is 370 g/mol. The number of benzene rings is 2. The Morgan fingerprint density at radius 1 is 1.14 bits per heavy atom. The average molecular weight is 372 g/mol. The van der Waals surface area contributed by atoms with E-state index < -0.39 is 5.97 Å². The second kappa shape index (κ2) is 6.37. The fourth-order valence-corrected chi connectivity index (χ4v) is 2.86. The topological polar surface area (TPSA) is 55.8 Å². The largest absolute Gasteiger partial charge is 0.495 e. The zero-order valence-electron chi connectivity index (χ0n) is 11.3. The number of rotatable bonds is 4. The Kier molecular flexibility index (Phi) is 4.75. The van der Waals surface area contributed by atoms with Crippen LogP contribution in [0.2, 0.25) is 5.02 Å². The highest BCUT2D eigenvalue weighted by Gasteiger charge is 2.17. The van der Waals surface area contributed by atoms with Crippen molar-refractivity contribution < 1.29 is 19.4 Å². The van der Waals surface area contributed by atoms with E-state index in [1.165, 1.54) is 19.2 Å². The summed E-state index contributed by atoms with van der Waals surface area (Å²) in [6.45, 7) is 0. The van der Waals surface area contributed by atoms with Gasteiger partial charge < -0.3 is 14.6 Å². The van der Waals surface area contributed by atoms with Gasteiger partial charge in [0.15, 0.2) is 0 Å². The fourth-order valence-electron chi connectivity index (χ4n) is 1.97. The van der Waals surface area contributed by atoms with Crippen LogP contribution in [-0.2, 0) is 0 Å². The predicted molar refractivity (Wildman–Crippen MR) is 84.7 cm³/mol. The number of aromatic carboxylic acids is 1. The van der Waals surface area contributed by atoms with Gasteiger partial charge in [-0.15, -0.1) is 0 Å². The summed E-state index contributed by atoms with van der Waals surface area (Å²) in [5.41, 5.74) is 1.42. The summed E-state index contributed by atoms with van der Waals surface area (Å²) >= 11 is 9.61. The van der Waals surface area contributed by atoms with Crippen LogP contribution in [0.4, 0.5) is 0 Å².